The predicted octanol–water partition coefficient (Wildman–Crippen LogP) is 2.79. The zero-order chi connectivity index (χ0) is 9.84. The third-order valence-electron chi connectivity index (χ3n) is 1.85. The van der Waals surface area contributed by atoms with Crippen LogP contribution < -0.4 is 5.73 Å². The van der Waals surface area contributed by atoms with Crippen molar-refractivity contribution in [1.82, 2.24) is 4.57 Å². The van der Waals surface area contributed by atoms with E-state index in [1.54, 1.807) is 0 Å². The zero-order valence-electron chi connectivity index (χ0n) is 8.41. The number of benzene rings is 1. The quantitative estimate of drug-likeness (QED) is 0.615. The Kier molecular flexibility index (Phi) is 2.96. The molecule has 0 spiro atoms. The molecule has 0 bridgehead atoms. The van der Waals surface area contributed by atoms with Crippen molar-refractivity contribution < 1.29 is 0 Å². The monoisotopic (exact) mass is 176 g/mol. The van der Waals surface area contributed by atoms with E-state index in [-0.39, 0.29) is 0 Å². The number of aryl methyl sites for hydroxylation is 1. The van der Waals surface area contributed by atoms with Crippen LogP contribution in [-0.2, 0) is 7.05 Å². The minimum atomic E-state index is 0.850. The zero-order valence-corrected chi connectivity index (χ0v) is 8.41. The molecule has 2 rings (SSSR count). The van der Waals surface area contributed by atoms with Crippen LogP contribution in [0.25, 0.3) is 10.8 Å². The van der Waals surface area contributed by atoms with Crippen molar-refractivity contribution in [2.24, 2.45) is 7.05 Å². The maximum absolute atomic E-state index is 5.76. The summed E-state index contributed by atoms with van der Waals surface area (Å²) in [5.74, 6) is 0. The van der Waals surface area contributed by atoms with E-state index in [4.69, 9.17) is 5.73 Å². The van der Waals surface area contributed by atoms with E-state index in [0.717, 1.165) is 11.1 Å². The van der Waals surface area contributed by atoms with Crippen molar-refractivity contribution in [3.63, 3.8) is 0 Å². The van der Waals surface area contributed by atoms with Gasteiger partial charge in [-0.1, -0.05) is 26.0 Å². The van der Waals surface area contributed by atoms with E-state index >= 15 is 0 Å². The third-order valence-corrected chi connectivity index (χ3v) is 1.85. The fraction of sp³-hybridized carbons (Fsp3) is 0.273. The van der Waals surface area contributed by atoms with Crippen LogP contribution in [0.5, 0.6) is 0 Å². The van der Waals surface area contributed by atoms with Crippen molar-refractivity contribution in [3.8, 4) is 0 Å². The van der Waals surface area contributed by atoms with Crippen molar-refractivity contribution in [2.75, 3.05) is 5.73 Å². The van der Waals surface area contributed by atoms with Crippen LogP contribution >= 0.6 is 0 Å². The molecular weight excluding hydrogens is 160 g/mol. The molecule has 0 atom stereocenters. The van der Waals surface area contributed by atoms with E-state index in [9.17, 15) is 0 Å². The summed E-state index contributed by atoms with van der Waals surface area (Å²) in [6.45, 7) is 4.00. The SMILES string of the molecule is CC.Cn1cc2cccc(N)c2c1. The normalized spacial score (nSPS) is 9.46. The highest BCUT2D eigenvalue weighted by atomic mass is 14.9. The Balaban J connectivity index is 0.000000396. The number of nitrogen functional groups attached to an aromatic ring is 1. The lowest BCUT2D eigenvalue weighted by Gasteiger charge is -1.92. The van der Waals surface area contributed by atoms with Gasteiger partial charge in [-0.15, -0.1) is 0 Å². The molecule has 0 unspecified atom stereocenters. The van der Waals surface area contributed by atoms with Crippen molar-refractivity contribution in [1.29, 1.82) is 0 Å². The van der Waals surface area contributed by atoms with Crippen LogP contribution in [0.3, 0.4) is 0 Å². The fourth-order valence-corrected chi connectivity index (χ4v) is 1.32. The van der Waals surface area contributed by atoms with Crippen LogP contribution in [0, 0.1) is 0 Å². The molecule has 1 heterocycles. The van der Waals surface area contributed by atoms with Gasteiger partial charge in [0.2, 0.25) is 0 Å². The summed E-state index contributed by atoms with van der Waals surface area (Å²) in [6, 6.07) is 5.95. The Bertz CT molecular complexity index is 388. The van der Waals surface area contributed by atoms with Crippen LogP contribution in [0.4, 0.5) is 5.69 Å². The topological polar surface area (TPSA) is 30.9 Å². The Morgan fingerprint density at radius 3 is 2.46 bits per heavy atom. The largest absolute Gasteiger partial charge is 0.398 e. The van der Waals surface area contributed by atoms with Gasteiger partial charge in [0.25, 0.3) is 0 Å². The Labute approximate surface area is 79.0 Å². The molecular formula is C11H16N2. The number of hydrogen-bond donors (Lipinski definition) is 1. The summed E-state index contributed by atoms with van der Waals surface area (Å²) in [4.78, 5) is 0. The van der Waals surface area contributed by atoms with Gasteiger partial charge in [0.1, 0.15) is 0 Å². The summed E-state index contributed by atoms with van der Waals surface area (Å²) in [5.41, 5.74) is 6.61. The maximum Gasteiger partial charge on any atom is 0.0409 e. The molecule has 0 aliphatic rings. The second kappa shape index (κ2) is 3.99. The molecule has 0 amide bonds. The Hall–Kier alpha value is -1.44. The first-order valence-corrected chi connectivity index (χ1v) is 4.57. The van der Waals surface area contributed by atoms with Gasteiger partial charge in [-0.2, -0.15) is 0 Å². The number of nitrogens with two attached hydrogens (primary N) is 1. The molecule has 2 heteroatoms. The molecule has 0 aliphatic carbocycles. The lowest BCUT2D eigenvalue weighted by Crippen LogP contribution is -1.83. The summed E-state index contributed by atoms with van der Waals surface area (Å²) < 4.78 is 2.01. The molecule has 0 radical (unpaired) electrons. The van der Waals surface area contributed by atoms with Gasteiger partial charge in [0.05, 0.1) is 0 Å². The van der Waals surface area contributed by atoms with Crippen molar-refractivity contribution in [3.05, 3.63) is 30.6 Å². The van der Waals surface area contributed by atoms with Gasteiger partial charge in [-0.25, -0.2) is 0 Å². The van der Waals surface area contributed by atoms with Crippen molar-refractivity contribution in [2.45, 2.75) is 13.8 Å². The number of aromatic nitrogens is 1. The van der Waals surface area contributed by atoms with Crippen LogP contribution in [0.1, 0.15) is 13.8 Å². The minimum Gasteiger partial charge on any atom is -0.398 e. The van der Waals surface area contributed by atoms with Gasteiger partial charge in [-0.05, 0) is 6.07 Å². The van der Waals surface area contributed by atoms with E-state index < -0.39 is 0 Å². The highest BCUT2D eigenvalue weighted by Crippen LogP contribution is 2.20. The summed E-state index contributed by atoms with van der Waals surface area (Å²) >= 11 is 0. The summed E-state index contributed by atoms with van der Waals surface area (Å²) in [6.07, 6.45) is 4.09. The number of anilines is 1. The predicted molar refractivity (Wildman–Crippen MR) is 58.7 cm³/mol. The second-order valence-electron chi connectivity index (χ2n) is 2.77. The Morgan fingerprint density at radius 1 is 1.15 bits per heavy atom. The van der Waals surface area contributed by atoms with Gasteiger partial charge < -0.3 is 10.3 Å². The molecule has 70 valence electrons. The van der Waals surface area contributed by atoms with Crippen molar-refractivity contribution >= 4 is 16.5 Å². The molecule has 0 aliphatic heterocycles. The molecule has 1 aromatic heterocycles. The van der Waals surface area contributed by atoms with E-state index in [2.05, 4.69) is 12.3 Å². The second-order valence-corrected chi connectivity index (χ2v) is 2.77. The summed E-state index contributed by atoms with van der Waals surface area (Å²) in [5, 5.41) is 2.34. The van der Waals surface area contributed by atoms with Crippen LogP contribution in [-0.4, -0.2) is 4.57 Å². The fourth-order valence-electron chi connectivity index (χ4n) is 1.32. The first-order chi connectivity index (χ1) is 6.27. The Morgan fingerprint density at radius 2 is 1.85 bits per heavy atom. The first kappa shape index (κ1) is 9.65. The first-order valence-electron chi connectivity index (χ1n) is 4.57. The molecule has 2 nitrogen and oxygen atoms in total. The highest BCUT2D eigenvalue weighted by Gasteiger charge is 1.97. The maximum atomic E-state index is 5.76. The lowest BCUT2D eigenvalue weighted by molar-refractivity contribution is 0.934. The molecule has 0 saturated heterocycles. The standard InChI is InChI=1S/C9H10N2.C2H6/c1-11-5-7-3-2-4-9(10)8(7)6-11;1-2/h2-6H,10H2,1H3;1-2H3. The molecule has 0 fully saturated rings. The minimum absolute atomic E-state index is 0.850. The van der Waals surface area contributed by atoms with E-state index in [0.29, 0.717) is 0 Å². The molecule has 2 aromatic rings. The summed E-state index contributed by atoms with van der Waals surface area (Å²) in [7, 11) is 2.00. The molecule has 13 heavy (non-hydrogen) atoms. The van der Waals surface area contributed by atoms with Gasteiger partial charge >= 0.3 is 0 Å². The molecule has 1 aromatic carbocycles. The molecule has 0 saturated carbocycles. The van der Waals surface area contributed by atoms with Gasteiger partial charge in [-0.3, -0.25) is 0 Å². The van der Waals surface area contributed by atoms with Gasteiger partial charge in [0, 0.05) is 35.9 Å². The average molecular weight is 176 g/mol. The van der Waals surface area contributed by atoms with E-state index in [1.165, 1.54) is 5.39 Å². The average Bonchev–Trinajstić information content (AvgIpc) is 2.51. The van der Waals surface area contributed by atoms with E-state index in [1.807, 2.05) is 43.8 Å². The smallest absolute Gasteiger partial charge is 0.0409 e. The number of nitrogens with zero attached hydrogens (tertiary/aromatic N) is 1. The van der Waals surface area contributed by atoms with Gasteiger partial charge in [0.15, 0.2) is 0 Å². The number of fused-ring (bicyclic) bond motifs is 1. The van der Waals surface area contributed by atoms with Crippen LogP contribution in [0.15, 0.2) is 30.6 Å². The molecule has 2 N–H and O–H groups in total. The van der Waals surface area contributed by atoms with Crippen LogP contribution in [0.2, 0.25) is 0 Å². The third kappa shape index (κ3) is 1.83. The highest BCUT2D eigenvalue weighted by molar-refractivity contribution is 5.92. The lowest BCUT2D eigenvalue weighted by atomic mass is 10.2. The number of rotatable bonds is 0. The number of hydrogen-bond acceptors (Lipinski definition) is 1.